The maximum Gasteiger partial charge on any atom is 0.360 e. The lowest BCUT2D eigenvalue weighted by atomic mass is 9.92. The van der Waals surface area contributed by atoms with Crippen molar-refractivity contribution in [1.29, 1.82) is 0 Å². The summed E-state index contributed by atoms with van der Waals surface area (Å²) in [5.41, 5.74) is 0.913. The van der Waals surface area contributed by atoms with Crippen LogP contribution >= 0.6 is 0 Å². The molecule has 0 aliphatic carbocycles. The van der Waals surface area contributed by atoms with Crippen molar-refractivity contribution in [2.45, 2.75) is 37.7 Å². The predicted octanol–water partition coefficient (Wildman–Crippen LogP) is 2.82. The minimum Gasteiger partial charge on any atom is -0.615 e. The third-order valence-electron chi connectivity index (χ3n) is 3.37. The van der Waals surface area contributed by atoms with Gasteiger partial charge in [-0.05, 0) is 11.2 Å². The van der Waals surface area contributed by atoms with Crippen LogP contribution in [0.4, 0.5) is 0 Å². The lowest BCUT2D eigenvalue weighted by molar-refractivity contribution is -0.141. The molecule has 0 heterocycles. The highest BCUT2D eigenvalue weighted by molar-refractivity contribution is 7.92. The van der Waals surface area contributed by atoms with Gasteiger partial charge < -0.3 is 9.66 Å². The third-order valence-corrected chi connectivity index (χ3v) is 5.71. The van der Waals surface area contributed by atoms with Gasteiger partial charge in [0.15, 0.2) is 0 Å². The second kappa shape index (κ2) is 6.25. The maximum atomic E-state index is 12.5. The molecule has 100 valence electrons. The van der Waals surface area contributed by atoms with Crippen LogP contribution < -0.4 is 0 Å². The highest BCUT2D eigenvalue weighted by Crippen LogP contribution is 2.33. The van der Waals surface area contributed by atoms with E-state index in [1.54, 1.807) is 6.92 Å². The Morgan fingerprint density at radius 3 is 2.33 bits per heavy atom. The molecule has 18 heavy (non-hydrogen) atoms. The third kappa shape index (κ3) is 2.87. The van der Waals surface area contributed by atoms with Gasteiger partial charge in [0.2, 0.25) is 4.75 Å². The van der Waals surface area contributed by atoms with Gasteiger partial charge in [0.1, 0.15) is 5.75 Å². The summed E-state index contributed by atoms with van der Waals surface area (Å²) in [4.78, 5) is 11.5. The van der Waals surface area contributed by atoms with E-state index in [1.165, 1.54) is 0 Å². The van der Waals surface area contributed by atoms with Gasteiger partial charge in [-0.3, -0.25) is 0 Å². The van der Waals surface area contributed by atoms with Crippen molar-refractivity contribution in [3.05, 3.63) is 35.9 Å². The van der Waals surface area contributed by atoms with Crippen molar-refractivity contribution in [2.24, 2.45) is 5.92 Å². The Bertz CT molecular complexity index is 391. The fourth-order valence-corrected chi connectivity index (χ4v) is 3.98. The summed E-state index contributed by atoms with van der Waals surface area (Å²) in [7, 11) is 0. The Kier molecular flexibility index (Phi) is 5.23. The molecule has 0 aliphatic heterocycles. The zero-order valence-corrected chi connectivity index (χ0v) is 11.9. The molecule has 4 heteroatoms. The molecule has 1 aromatic carbocycles. The first-order chi connectivity index (χ1) is 8.45. The van der Waals surface area contributed by atoms with Crippen LogP contribution in [0, 0.1) is 5.92 Å². The standard InChI is InChI=1S/C14H20O3S/c1-4-14(11(2)3,13(15)16)18(17)10-12-8-6-5-7-9-12/h5-9,11H,4,10H2,1-3H3,(H,15,16). The Morgan fingerprint density at radius 2 is 1.94 bits per heavy atom. The first-order valence-corrected chi connectivity index (χ1v) is 7.42. The number of carbonyl (C=O) groups is 1. The Labute approximate surface area is 111 Å². The molecule has 2 atom stereocenters. The normalized spacial score (nSPS) is 16.3. The number of hydrogen-bond acceptors (Lipinski definition) is 2. The van der Waals surface area contributed by atoms with Gasteiger partial charge >= 0.3 is 5.97 Å². The topological polar surface area (TPSA) is 60.4 Å². The molecular formula is C14H20O3S. The molecule has 1 aromatic rings. The lowest BCUT2D eigenvalue weighted by Crippen LogP contribution is -2.50. The lowest BCUT2D eigenvalue weighted by Gasteiger charge is -2.34. The fraction of sp³-hybridized carbons (Fsp3) is 0.500. The minimum absolute atomic E-state index is 0.162. The summed E-state index contributed by atoms with van der Waals surface area (Å²) in [6, 6.07) is 9.38. The Balaban J connectivity index is 2.97. The van der Waals surface area contributed by atoms with E-state index in [0.717, 1.165) is 5.56 Å². The van der Waals surface area contributed by atoms with E-state index in [-0.39, 0.29) is 5.92 Å². The van der Waals surface area contributed by atoms with Gasteiger partial charge in [-0.1, -0.05) is 51.1 Å². The highest BCUT2D eigenvalue weighted by Gasteiger charge is 2.51. The van der Waals surface area contributed by atoms with E-state index < -0.39 is 21.9 Å². The summed E-state index contributed by atoms with van der Waals surface area (Å²) in [5, 5.41) is 9.45. The van der Waals surface area contributed by atoms with Crippen molar-refractivity contribution >= 4 is 17.1 Å². The highest BCUT2D eigenvalue weighted by atomic mass is 32.2. The molecule has 1 N–H and O–H groups in total. The summed E-state index contributed by atoms with van der Waals surface area (Å²) in [6.07, 6.45) is 0.374. The largest absolute Gasteiger partial charge is 0.615 e. The van der Waals surface area contributed by atoms with Crippen molar-refractivity contribution in [3.63, 3.8) is 0 Å². The van der Waals surface area contributed by atoms with E-state index in [9.17, 15) is 14.5 Å². The minimum atomic E-state index is -1.43. The molecule has 0 aliphatic rings. The van der Waals surface area contributed by atoms with Gasteiger partial charge in [0.05, 0.1) is 0 Å². The first kappa shape index (κ1) is 15.1. The Hall–Kier alpha value is -1.00. The molecule has 0 spiro atoms. The van der Waals surface area contributed by atoms with Gasteiger partial charge in [0, 0.05) is 17.9 Å². The van der Waals surface area contributed by atoms with Crippen molar-refractivity contribution < 1.29 is 14.5 Å². The molecule has 3 nitrogen and oxygen atoms in total. The maximum absolute atomic E-state index is 12.5. The summed E-state index contributed by atoms with van der Waals surface area (Å²) < 4.78 is 11.3. The molecule has 0 saturated carbocycles. The number of hydrogen-bond donors (Lipinski definition) is 1. The van der Waals surface area contributed by atoms with Gasteiger partial charge in [0.25, 0.3) is 0 Å². The molecule has 0 bridgehead atoms. The van der Waals surface area contributed by atoms with E-state index in [4.69, 9.17) is 0 Å². The van der Waals surface area contributed by atoms with Crippen LogP contribution in [0.3, 0.4) is 0 Å². The number of benzene rings is 1. The predicted molar refractivity (Wildman–Crippen MR) is 73.8 cm³/mol. The molecule has 0 radical (unpaired) electrons. The van der Waals surface area contributed by atoms with Gasteiger partial charge in [-0.2, -0.15) is 0 Å². The number of carboxylic acids is 1. The summed E-state index contributed by atoms with van der Waals surface area (Å²) >= 11 is -1.43. The molecule has 0 amide bonds. The van der Waals surface area contributed by atoms with Gasteiger partial charge in [-0.15, -0.1) is 0 Å². The van der Waals surface area contributed by atoms with Crippen LogP contribution in [0.25, 0.3) is 0 Å². The number of carboxylic acid groups (broad SMARTS) is 1. The molecule has 1 rings (SSSR count). The number of aliphatic carboxylic acids is 1. The SMILES string of the molecule is CCC(C(=O)O)(C(C)C)[S+]([O-])Cc1ccccc1. The van der Waals surface area contributed by atoms with Crippen LogP contribution in [0.15, 0.2) is 30.3 Å². The van der Waals surface area contributed by atoms with Crippen molar-refractivity contribution in [1.82, 2.24) is 0 Å². The molecule has 0 fully saturated rings. The smallest absolute Gasteiger partial charge is 0.360 e. The zero-order chi connectivity index (χ0) is 13.8. The molecule has 0 saturated heterocycles. The quantitative estimate of drug-likeness (QED) is 0.807. The van der Waals surface area contributed by atoms with E-state index >= 15 is 0 Å². The average molecular weight is 268 g/mol. The second-order valence-electron chi connectivity index (χ2n) is 4.68. The molecular weight excluding hydrogens is 248 g/mol. The first-order valence-electron chi connectivity index (χ1n) is 6.11. The fourth-order valence-electron chi connectivity index (χ4n) is 2.18. The number of rotatable bonds is 6. The zero-order valence-electron chi connectivity index (χ0n) is 11.1. The van der Waals surface area contributed by atoms with Crippen LogP contribution in [-0.4, -0.2) is 20.4 Å². The van der Waals surface area contributed by atoms with E-state index in [2.05, 4.69) is 0 Å². The van der Waals surface area contributed by atoms with E-state index in [0.29, 0.717) is 12.2 Å². The van der Waals surface area contributed by atoms with Crippen LogP contribution in [0.5, 0.6) is 0 Å². The van der Waals surface area contributed by atoms with Crippen molar-refractivity contribution in [3.8, 4) is 0 Å². The molecule has 2 unspecified atom stereocenters. The van der Waals surface area contributed by atoms with Crippen molar-refractivity contribution in [2.75, 3.05) is 0 Å². The van der Waals surface area contributed by atoms with Gasteiger partial charge in [-0.25, -0.2) is 4.79 Å². The molecule has 0 aromatic heterocycles. The van der Waals surface area contributed by atoms with Crippen LogP contribution in [0.2, 0.25) is 0 Å². The van der Waals surface area contributed by atoms with Crippen LogP contribution in [0.1, 0.15) is 32.8 Å². The Morgan fingerprint density at radius 1 is 1.39 bits per heavy atom. The second-order valence-corrected chi connectivity index (χ2v) is 6.39. The monoisotopic (exact) mass is 268 g/mol. The van der Waals surface area contributed by atoms with Crippen LogP contribution in [-0.2, 0) is 21.7 Å². The van der Waals surface area contributed by atoms with E-state index in [1.807, 2.05) is 44.2 Å². The average Bonchev–Trinajstić information content (AvgIpc) is 2.30. The summed E-state index contributed by atoms with van der Waals surface area (Å²) in [5.74, 6) is -0.835. The summed E-state index contributed by atoms with van der Waals surface area (Å²) in [6.45, 7) is 5.43.